The number of aromatic amines is 2. The highest BCUT2D eigenvalue weighted by Gasteiger charge is 2.26. The minimum atomic E-state index is -3.80. The zero-order valence-electron chi connectivity index (χ0n) is 12.1. The van der Waals surface area contributed by atoms with E-state index in [1.807, 2.05) is 0 Å². The molecule has 1 aromatic carbocycles. The number of nitrogens with one attached hydrogen (secondary N) is 2. The summed E-state index contributed by atoms with van der Waals surface area (Å²) in [5.41, 5.74) is 0.195. The van der Waals surface area contributed by atoms with Crippen LogP contribution in [0.15, 0.2) is 52.5 Å². The maximum Gasteiger partial charge on any atom is 0.269 e. The molecule has 10 heteroatoms. The molecular weight excluding hydrogens is 334 g/mol. The summed E-state index contributed by atoms with van der Waals surface area (Å²) in [6, 6.07) is 7.81. The van der Waals surface area contributed by atoms with Crippen LogP contribution >= 0.6 is 0 Å². The summed E-state index contributed by atoms with van der Waals surface area (Å²) in [6.07, 6.45) is 2.26. The minimum Gasteiger partial charge on any atom is -0.366 e. The fraction of sp³-hybridized carbons (Fsp3) is 0.0714. The smallest absolute Gasteiger partial charge is 0.269 e. The van der Waals surface area contributed by atoms with Crippen LogP contribution in [-0.2, 0) is 21.1 Å². The van der Waals surface area contributed by atoms with Gasteiger partial charge in [-0.25, -0.2) is 8.42 Å². The molecule has 3 rings (SSSR count). The van der Waals surface area contributed by atoms with Crippen LogP contribution in [0.4, 0.5) is 0 Å². The number of benzene rings is 1. The van der Waals surface area contributed by atoms with Gasteiger partial charge in [0.2, 0.25) is 21.4 Å². The number of carbonyl (C=O) groups excluding carboxylic acids is 2. The highest BCUT2D eigenvalue weighted by Crippen LogP contribution is 2.24. The summed E-state index contributed by atoms with van der Waals surface area (Å²) < 4.78 is 25.3. The van der Waals surface area contributed by atoms with Gasteiger partial charge in [-0.3, -0.25) is 9.59 Å². The lowest BCUT2D eigenvalue weighted by Crippen LogP contribution is -2.19. The lowest BCUT2D eigenvalue weighted by Gasteiger charge is -2.05. The van der Waals surface area contributed by atoms with Crippen LogP contribution in [0.2, 0.25) is 0 Å². The van der Waals surface area contributed by atoms with Gasteiger partial charge >= 0.3 is 0 Å². The van der Waals surface area contributed by atoms with E-state index in [1.54, 1.807) is 18.2 Å². The first-order valence-corrected chi connectivity index (χ1v) is 8.25. The molecule has 0 aliphatic rings. The first-order valence-electron chi connectivity index (χ1n) is 6.77. The minimum absolute atomic E-state index is 0.0528. The fourth-order valence-electron chi connectivity index (χ4n) is 2.13. The summed E-state index contributed by atoms with van der Waals surface area (Å²) in [4.78, 5) is 26.6. The van der Waals surface area contributed by atoms with E-state index < -0.39 is 27.8 Å². The van der Waals surface area contributed by atoms with E-state index in [0.717, 1.165) is 0 Å². The molecule has 2 aromatic heterocycles. The van der Waals surface area contributed by atoms with E-state index in [9.17, 15) is 18.0 Å². The van der Waals surface area contributed by atoms with Gasteiger partial charge in [0.25, 0.3) is 5.78 Å². The predicted molar refractivity (Wildman–Crippen MR) is 79.9 cm³/mol. The van der Waals surface area contributed by atoms with Crippen molar-refractivity contribution in [1.82, 2.24) is 25.6 Å². The average molecular weight is 345 g/mol. The molecule has 24 heavy (non-hydrogen) atoms. The van der Waals surface area contributed by atoms with Crippen molar-refractivity contribution in [3.8, 4) is 0 Å². The molecule has 9 nitrogen and oxygen atoms in total. The molecule has 0 fully saturated rings. The maximum absolute atomic E-state index is 12.6. The second kappa shape index (κ2) is 6.16. The standard InChI is InChI=1S/C14H11N5O4S/c20-11(13(21)14-16-18-19-17-14)6-9-7-15-8-12(9)24(22,23)10-4-2-1-3-5-10/h1-5,7-8,15H,6H2,(H,16,17,18,19). The van der Waals surface area contributed by atoms with Crippen LogP contribution in [0, 0.1) is 0 Å². The molecule has 0 amide bonds. The summed E-state index contributed by atoms with van der Waals surface area (Å²) in [7, 11) is -3.80. The van der Waals surface area contributed by atoms with Crippen LogP contribution in [0.5, 0.6) is 0 Å². The Hall–Kier alpha value is -3.14. The van der Waals surface area contributed by atoms with Crippen molar-refractivity contribution >= 4 is 21.4 Å². The number of nitrogens with zero attached hydrogens (tertiary/aromatic N) is 3. The number of ketones is 2. The van der Waals surface area contributed by atoms with Crippen molar-refractivity contribution < 1.29 is 18.0 Å². The van der Waals surface area contributed by atoms with Crippen molar-refractivity contribution in [2.24, 2.45) is 0 Å². The Labute approximate surface area is 136 Å². The van der Waals surface area contributed by atoms with Gasteiger partial charge in [0.05, 0.1) is 9.79 Å². The zero-order chi connectivity index (χ0) is 17.2. The van der Waals surface area contributed by atoms with Gasteiger partial charge < -0.3 is 4.98 Å². The summed E-state index contributed by atoms with van der Waals surface area (Å²) in [5, 5.41) is 12.2. The van der Waals surface area contributed by atoms with Crippen molar-refractivity contribution in [3.63, 3.8) is 0 Å². The lowest BCUT2D eigenvalue weighted by molar-refractivity contribution is -0.114. The predicted octanol–water partition coefficient (Wildman–Crippen LogP) is 0.355. The number of hydrogen-bond acceptors (Lipinski definition) is 7. The van der Waals surface area contributed by atoms with Gasteiger partial charge in [0, 0.05) is 18.8 Å². The van der Waals surface area contributed by atoms with Crippen LogP contribution in [-0.4, -0.2) is 45.6 Å². The SMILES string of the molecule is O=C(Cc1c[nH]cc1S(=O)(=O)c1ccccc1)C(=O)c1nn[nH]n1. The van der Waals surface area contributed by atoms with Crippen LogP contribution < -0.4 is 0 Å². The van der Waals surface area contributed by atoms with Crippen LogP contribution in [0.3, 0.4) is 0 Å². The van der Waals surface area contributed by atoms with Gasteiger partial charge in [-0.15, -0.1) is 10.2 Å². The van der Waals surface area contributed by atoms with E-state index in [2.05, 4.69) is 25.6 Å². The number of carbonyl (C=O) groups is 2. The van der Waals surface area contributed by atoms with Crippen LogP contribution in [0.1, 0.15) is 16.2 Å². The molecule has 0 radical (unpaired) electrons. The number of hydrogen-bond donors (Lipinski definition) is 2. The number of tetrazole rings is 1. The summed E-state index contributed by atoms with van der Waals surface area (Å²) in [5.74, 6) is -2.13. The van der Waals surface area contributed by atoms with Gasteiger partial charge in [-0.05, 0) is 22.9 Å². The Kier molecular flexibility index (Phi) is 4.04. The van der Waals surface area contributed by atoms with Crippen molar-refractivity contribution in [3.05, 3.63) is 54.1 Å². The van der Waals surface area contributed by atoms with Gasteiger partial charge in [0.1, 0.15) is 0 Å². The number of H-pyrrole nitrogens is 2. The maximum atomic E-state index is 12.6. The third-order valence-electron chi connectivity index (χ3n) is 3.28. The topological polar surface area (TPSA) is 139 Å². The summed E-state index contributed by atoms with van der Waals surface area (Å²) >= 11 is 0. The molecule has 0 aliphatic carbocycles. The molecule has 0 atom stereocenters. The van der Waals surface area contributed by atoms with E-state index in [0.29, 0.717) is 0 Å². The molecule has 3 aromatic rings. The van der Waals surface area contributed by atoms with Crippen molar-refractivity contribution in [1.29, 1.82) is 0 Å². The Bertz CT molecular complexity index is 977. The Morgan fingerprint density at radius 1 is 1.08 bits per heavy atom. The highest BCUT2D eigenvalue weighted by atomic mass is 32.2. The first kappa shape index (κ1) is 15.7. The monoisotopic (exact) mass is 345 g/mol. The van der Waals surface area contributed by atoms with E-state index in [4.69, 9.17) is 0 Å². The molecule has 0 aliphatic heterocycles. The van der Waals surface area contributed by atoms with Crippen LogP contribution in [0.25, 0.3) is 0 Å². The van der Waals surface area contributed by atoms with E-state index in [1.165, 1.54) is 24.5 Å². The number of rotatable bonds is 6. The Balaban J connectivity index is 1.89. The molecule has 2 N–H and O–H groups in total. The lowest BCUT2D eigenvalue weighted by atomic mass is 10.1. The normalized spacial score (nSPS) is 11.3. The third-order valence-corrected chi connectivity index (χ3v) is 5.14. The highest BCUT2D eigenvalue weighted by molar-refractivity contribution is 7.91. The molecule has 0 saturated carbocycles. The molecule has 0 bridgehead atoms. The number of Topliss-reactive ketones (excluding diaryl/α,β-unsaturated/α-hetero) is 2. The van der Waals surface area contributed by atoms with Crippen molar-refractivity contribution in [2.75, 3.05) is 0 Å². The molecule has 0 unspecified atom stereocenters. The third kappa shape index (κ3) is 2.86. The number of sulfone groups is 1. The number of aromatic nitrogens is 5. The quantitative estimate of drug-likeness (QED) is 0.485. The zero-order valence-corrected chi connectivity index (χ0v) is 12.9. The molecule has 0 saturated heterocycles. The van der Waals surface area contributed by atoms with E-state index >= 15 is 0 Å². The Morgan fingerprint density at radius 2 is 1.83 bits per heavy atom. The molecule has 122 valence electrons. The van der Waals surface area contributed by atoms with Gasteiger partial charge in [0.15, 0.2) is 0 Å². The molecule has 0 spiro atoms. The summed E-state index contributed by atoms with van der Waals surface area (Å²) in [6.45, 7) is 0. The largest absolute Gasteiger partial charge is 0.366 e. The van der Waals surface area contributed by atoms with Gasteiger partial charge in [-0.2, -0.15) is 5.21 Å². The van der Waals surface area contributed by atoms with E-state index in [-0.39, 0.29) is 21.2 Å². The second-order valence-corrected chi connectivity index (χ2v) is 6.74. The Morgan fingerprint density at radius 3 is 2.50 bits per heavy atom. The average Bonchev–Trinajstić information content (AvgIpc) is 3.26. The van der Waals surface area contributed by atoms with Crippen molar-refractivity contribution in [2.45, 2.75) is 16.2 Å². The van der Waals surface area contributed by atoms with Gasteiger partial charge in [-0.1, -0.05) is 18.2 Å². The fourth-order valence-corrected chi connectivity index (χ4v) is 3.60. The molecule has 2 heterocycles. The molecular formula is C14H11N5O4S. The first-order chi connectivity index (χ1) is 11.5. The second-order valence-electron chi connectivity index (χ2n) is 4.83.